The number of ketones is 1. The largest absolute Gasteiger partial charge is 0.488 e. The molecule has 0 aliphatic carbocycles. The maximum Gasteiger partial charge on any atom is 0.165 e. The first-order chi connectivity index (χ1) is 8.43. The summed E-state index contributed by atoms with van der Waals surface area (Å²) in [7, 11) is 0. The molecule has 0 amide bonds. The van der Waals surface area contributed by atoms with Gasteiger partial charge in [0.15, 0.2) is 5.78 Å². The van der Waals surface area contributed by atoms with Crippen LogP contribution in [0.5, 0.6) is 5.75 Å². The number of carbonyl (C=O) groups excluding carboxylic acids is 1. The summed E-state index contributed by atoms with van der Waals surface area (Å²) in [5.41, 5.74) is 1.91. The van der Waals surface area contributed by atoms with Crippen molar-refractivity contribution in [3.05, 3.63) is 29.3 Å². The van der Waals surface area contributed by atoms with Gasteiger partial charge < -0.3 is 4.74 Å². The molecule has 2 rings (SSSR count). The highest BCUT2D eigenvalue weighted by atomic mass is 16.5. The number of ether oxygens (including phenoxy) is 1. The molecule has 0 aromatic heterocycles. The second-order valence-corrected chi connectivity index (χ2v) is 5.86. The lowest BCUT2D eigenvalue weighted by atomic mass is 9.90. The molecule has 1 aromatic carbocycles. The normalized spacial score (nSPS) is 18.7. The second kappa shape index (κ2) is 4.75. The molecule has 98 valence electrons. The van der Waals surface area contributed by atoms with Crippen LogP contribution in [-0.4, -0.2) is 11.4 Å². The predicted octanol–water partition coefficient (Wildman–Crippen LogP) is 4.02. The van der Waals surface area contributed by atoms with Crippen molar-refractivity contribution in [1.29, 1.82) is 0 Å². The molecule has 2 heteroatoms. The van der Waals surface area contributed by atoms with Crippen LogP contribution in [0, 0.1) is 5.92 Å². The molecule has 0 spiro atoms. The second-order valence-electron chi connectivity index (χ2n) is 5.86. The molecule has 1 heterocycles. The molecular formula is C16H22O2. The van der Waals surface area contributed by atoms with Crippen molar-refractivity contribution >= 4 is 5.78 Å². The Hall–Kier alpha value is -1.31. The Morgan fingerprint density at radius 2 is 2.17 bits per heavy atom. The van der Waals surface area contributed by atoms with Crippen molar-refractivity contribution in [3.8, 4) is 5.75 Å². The summed E-state index contributed by atoms with van der Waals surface area (Å²) in [5, 5.41) is 0. The highest BCUT2D eigenvalue weighted by Crippen LogP contribution is 2.33. The van der Waals surface area contributed by atoms with E-state index in [0.29, 0.717) is 0 Å². The van der Waals surface area contributed by atoms with Crippen LogP contribution in [0.15, 0.2) is 18.2 Å². The first kappa shape index (κ1) is 13.1. The molecule has 0 saturated carbocycles. The minimum atomic E-state index is -0.0881. The van der Waals surface area contributed by atoms with Gasteiger partial charge in [-0.25, -0.2) is 0 Å². The molecule has 1 aliphatic rings. The minimum Gasteiger partial charge on any atom is -0.488 e. The maximum absolute atomic E-state index is 12.1. The van der Waals surface area contributed by atoms with E-state index < -0.39 is 0 Å². The fraction of sp³-hybridized carbons (Fsp3) is 0.562. The Morgan fingerprint density at radius 1 is 1.44 bits per heavy atom. The predicted molar refractivity (Wildman–Crippen MR) is 73.3 cm³/mol. The van der Waals surface area contributed by atoms with Crippen LogP contribution in [0.4, 0.5) is 0 Å². The Bertz CT molecular complexity index is 460. The molecule has 0 N–H and O–H groups in total. The topological polar surface area (TPSA) is 26.3 Å². The van der Waals surface area contributed by atoms with Gasteiger partial charge in [-0.15, -0.1) is 0 Å². The van der Waals surface area contributed by atoms with E-state index in [-0.39, 0.29) is 17.3 Å². The molecule has 0 radical (unpaired) electrons. The van der Waals surface area contributed by atoms with E-state index in [2.05, 4.69) is 13.8 Å². The van der Waals surface area contributed by atoms with E-state index in [1.54, 1.807) is 0 Å². The van der Waals surface area contributed by atoms with Gasteiger partial charge in [-0.1, -0.05) is 13.8 Å². The van der Waals surface area contributed by atoms with Crippen molar-refractivity contribution in [2.75, 3.05) is 0 Å². The molecule has 1 atom stereocenters. The molecular weight excluding hydrogens is 224 g/mol. The standard InChI is InChI=1S/C16H22O2/c1-5-11(2)15(17)13-6-7-14-12(10-13)8-9-16(3,4)18-14/h6-7,10-11H,5,8-9H2,1-4H3/t11-/m1/s1. The third-order valence-corrected chi connectivity index (χ3v) is 3.79. The fourth-order valence-electron chi connectivity index (χ4n) is 2.28. The zero-order chi connectivity index (χ0) is 13.3. The van der Waals surface area contributed by atoms with E-state index in [1.165, 1.54) is 5.56 Å². The summed E-state index contributed by atoms with van der Waals surface area (Å²) < 4.78 is 5.93. The summed E-state index contributed by atoms with van der Waals surface area (Å²) in [6.07, 6.45) is 2.88. The molecule has 2 nitrogen and oxygen atoms in total. The van der Waals surface area contributed by atoms with Crippen molar-refractivity contribution < 1.29 is 9.53 Å². The van der Waals surface area contributed by atoms with Gasteiger partial charge in [0.2, 0.25) is 0 Å². The van der Waals surface area contributed by atoms with Crippen LogP contribution >= 0.6 is 0 Å². The Labute approximate surface area is 109 Å². The van der Waals surface area contributed by atoms with Crippen LogP contribution in [0.1, 0.15) is 56.5 Å². The Balaban J connectivity index is 2.26. The van der Waals surface area contributed by atoms with E-state index >= 15 is 0 Å². The third-order valence-electron chi connectivity index (χ3n) is 3.79. The summed E-state index contributed by atoms with van der Waals surface area (Å²) in [6.45, 7) is 8.25. The molecule has 0 fully saturated rings. The number of hydrogen-bond acceptors (Lipinski definition) is 2. The number of benzene rings is 1. The molecule has 0 unspecified atom stereocenters. The lowest BCUT2D eigenvalue weighted by Crippen LogP contribution is -2.32. The van der Waals surface area contributed by atoms with Gasteiger partial charge >= 0.3 is 0 Å². The lowest BCUT2D eigenvalue weighted by molar-refractivity contribution is 0.0844. The van der Waals surface area contributed by atoms with Gasteiger partial charge in [0.05, 0.1) is 0 Å². The van der Waals surface area contributed by atoms with E-state index in [1.807, 2.05) is 32.0 Å². The van der Waals surface area contributed by atoms with Crippen molar-refractivity contribution in [2.24, 2.45) is 5.92 Å². The lowest BCUT2D eigenvalue weighted by Gasteiger charge is -2.32. The fourth-order valence-corrected chi connectivity index (χ4v) is 2.28. The quantitative estimate of drug-likeness (QED) is 0.753. The third kappa shape index (κ3) is 2.58. The van der Waals surface area contributed by atoms with Crippen LogP contribution in [0.25, 0.3) is 0 Å². The molecule has 0 bridgehead atoms. The number of Topliss-reactive ketones (excluding diaryl/α,β-unsaturated/α-hetero) is 1. The highest BCUT2D eigenvalue weighted by molar-refractivity contribution is 5.97. The smallest absolute Gasteiger partial charge is 0.165 e. The number of rotatable bonds is 3. The Kier molecular flexibility index (Phi) is 3.47. The van der Waals surface area contributed by atoms with Gasteiger partial charge in [0.25, 0.3) is 0 Å². The average molecular weight is 246 g/mol. The van der Waals surface area contributed by atoms with Gasteiger partial charge in [-0.2, -0.15) is 0 Å². The first-order valence-electron chi connectivity index (χ1n) is 6.79. The van der Waals surface area contributed by atoms with Crippen LogP contribution in [0.3, 0.4) is 0 Å². The molecule has 1 aliphatic heterocycles. The highest BCUT2D eigenvalue weighted by Gasteiger charge is 2.27. The van der Waals surface area contributed by atoms with Crippen molar-refractivity contribution in [1.82, 2.24) is 0 Å². The monoisotopic (exact) mass is 246 g/mol. The summed E-state index contributed by atoms with van der Waals surface area (Å²) in [6, 6.07) is 5.86. The first-order valence-corrected chi connectivity index (χ1v) is 6.79. The minimum absolute atomic E-state index is 0.0881. The number of hydrogen-bond donors (Lipinski definition) is 0. The van der Waals surface area contributed by atoms with E-state index in [9.17, 15) is 4.79 Å². The molecule has 18 heavy (non-hydrogen) atoms. The SMILES string of the molecule is CC[C@@H](C)C(=O)c1ccc2c(c1)CCC(C)(C)O2. The summed E-state index contributed by atoms with van der Waals surface area (Å²) in [4.78, 5) is 12.1. The van der Waals surface area contributed by atoms with Gasteiger partial charge in [0, 0.05) is 11.5 Å². The number of aryl methyl sites for hydroxylation is 1. The summed E-state index contributed by atoms with van der Waals surface area (Å²) >= 11 is 0. The van der Waals surface area contributed by atoms with Crippen LogP contribution in [0.2, 0.25) is 0 Å². The number of carbonyl (C=O) groups is 1. The van der Waals surface area contributed by atoms with Gasteiger partial charge in [-0.05, 0) is 56.9 Å². The zero-order valence-corrected chi connectivity index (χ0v) is 11.7. The average Bonchev–Trinajstić information content (AvgIpc) is 2.35. The maximum atomic E-state index is 12.1. The zero-order valence-electron chi connectivity index (χ0n) is 11.7. The van der Waals surface area contributed by atoms with E-state index in [4.69, 9.17) is 4.74 Å². The molecule has 0 saturated heterocycles. The van der Waals surface area contributed by atoms with Crippen LogP contribution in [-0.2, 0) is 6.42 Å². The van der Waals surface area contributed by atoms with Gasteiger partial charge in [-0.3, -0.25) is 4.79 Å². The van der Waals surface area contributed by atoms with Crippen LogP contribution < -0.4 is 4.74 Å². The Morgan fingerprint density at radius 3 is 2.83 bits per heavy atom. The van der Waals surface area contributed by atoms with E-state index in [0.717, 1.165) is 30.6 Å². The molecule has 1 aromatic rings. The summed E-state index contributed by atoms with van der Waals surface area (Å²) in [5.74, 6) is 1.28. The van der Waals surface area contributed by atoms with Crippen molar-refractivity contribution in [3.63, 3.8) is 0 Å². The van der Waals surface area contributed by atoms with Crippen molar-refractivity contribution in [2.45, 2.75) is 52.6 Å². The number of fused-ring (bicyclic) bond motifs is 1. The van der Waals surface area contributed by atoms with Gasteiger partial charge in [0.1, 0.15) is 11.4 Å².